The van der Waals surface area contributed by atoms with Crippen molar-refractivity contribution in [3.8, 4) is 0 Å². The van der Waals surface area contributed by atoms with Gasteiger partial charge in [-0.1, -0.05) is 36.4 Å². The van der Waals surface area contributed by atoms with Gasteiger partial charge in [0.15, 0.2) is 0 Å². The maximum absolute atomic E-state index is 11.2. The molecule has 1 atom stereocenters. The third-order valence-corrected chi connectivity index (χ3v) is 1.79. The van der Waals surface area contributed by atoms with Crippen LogP contribution in [0.15, 0.2) is 30.3 Å². The average molecular weight is 143 g/mol. The second-order valence-corrected chi connectivity index (χ2v) is 2.51. The smallest absolute Gasteiger partial charge is 0.130 e. The lowest BCUT2D eigenvalue weighted by Gasteiger charge is -2.12. The predicted octanol–water partition coefficient (Wildman–Crippen LogP) is 2.27. The van der Waals surface area contributed by atoms with Crippen LogP contribution in [0.3, 0.4) is 0 Å². The zero-order valence-corrected chi connectivity index (χ0v) is 5.95. The van der Waals surface area contributed by atoms with Crippen LogP contribution in [-0.2, 0) is 5.11 Å². The molecular formula is C10H7O. The van der Waals surface area contributed by atoms with Crippen LogP contribution in [-0.4, -0.2) is 0 Å². The summed E-state index contributed by atoms with van der Waals surface area (Å²) in [6.45, 7) is 0. The maximum atomic E-state index is 11.2. The van der Waals surface area contributed by atoms with Crippen LogP contribution in [0.1, 0.15) is 17.2 Å². The highest BCUT2D eigenvalue weighted by atomic mass is 16.3. The normalized spacial score (nSPS) is 21.4. The van der Waals surface area contributed by atoms with Gasteiger partial charge in [0.2, 0.25) is 0 Å². The molecular weight excluding hydrogens is 136 g/mol. The Morgan fingerprint density at radius 1 is 1.27 bits per heavy atom. The van der Waals surface area contributed by atoms with Crippen molar-refractivity contribution in [3.05, 3.63) is 47.9 Å². The Balaban J connectivity index is 2.54. The summed E-state index contributed by atoms with van der Waals surface area (Å²) >= 11 is 0. The molecule has 11 heavy (non-hydrogen) atoms. The van der Waals surface area contributed by atoms with Crippen molar-refractivity contribution in [2.24, 2.45) is 0 Å². The molecule has 0 spiro atoms. The molecule has 1 aliphatic carbocycles. The highest BCUT2D eigenvalue weighted by Crippen LogP contribution is 2.26. The van der Waals surface area contributed by atoms with Crippen LogP contribution in [0.4, 0.5) is 0 Å². The molecule has 0 aromatic heterocycles. The van der Waals surface area contributed by atoms with Gasteiger partial charge in [0.05, 0.1) is 0 Å². The SMILES string of the molecule is [O]C1[C]C=Cc2ccccc21. The first kappa shape index (κ1) is 6.62. The summed E-state index contributed by atoms with van der Waals surface area (Å²) in [5.41, 5.74) is 1.85. The molecule has 0 amide bonds. The van der Waals surface area contributed by atoms with E-state index in [4.69, 9.17) is 0 Å². The topological polar surface area (TPSA) is 19.9 Å². The van der Waals surface area contributed by atoms with Gasteiger partial charge in [-0.25, -0.2) is 5.11 Å². The van der Waals surface area contributed by atoms with Gasteiger partial charge >= 0.3 is 0 Å². The summed E-state index contributed by atoms with van der Waals surface area (Å²) in [6.07, 6.45) is 5.51. The molecule has 2 rings (SSSR count). The van der Waals surface area contributed by atoms with Crippen molar-refractivity contribution in [1.29, 1.82) is 0 Å². The van der Waals surface area contributed by atoms with Crippen molar-refractivity contribution in [2.75, 3.05) is 0 Å². The minimum absolute atomic E-state index is 0.795. The molecule has 1 aliphatic rings. The zero-order valence-electron chi connectivity index (χ0n) is 5.95. The number of hydrogen-bond donors (Lipinski definition) is 0. The molecule has 0 bridgehead atoms. The molecule has 0 fully saturated rings. The van der Waals surface area contributed by atoms with Crippen molar-refractivity contribution in [2.45, 2.75) is 6.10 Å². The molecule has 0 saturated carbocycles. The average Bonchev–Trinajstić information content (AvgIpc) is 2.06. The van der Waals surface area contributed by atoms with E-state index in [2.05, 4.69) is 6.42 Å². The second kappa shape index (κ2) is 2.51. The molecule has 1 aromatic carbocycles. The quantitative estimate of drug-likeness (QED) is 0.531. The van der Waals surface area contributed by atoms with Crippen molar-refractivity contribution in [3.63, 3.8) is 0 Å². The largest absolute Gasteiger partial charge is 0.227 e. The summed E-state index contributed by atoms with van der Waals surface area (Å²) in [5.74, 6) is 0. The molecule has 1 heteroatoms. The van der Waals surface area contributed by atoms with Gasteiger partial charge in [-0.05, 0) is 11.1 Å². The van der Waals surface area contributed by atoms with E-state index in [1.54, 1.807) is 6.08 Å². The fourth-order valence-corrected chi connectivity index (χ4v) is 1.22. The van der Waals surface area contributed by atoms with E-state index < -0.39 is 6.10 Å². The Labute approximate surface area is 66.0 Å². The maximum Gasteiger partial charge on any atom is 0.130 e. The van der Waals surface area contributed by atoms with Crippen LogP contribution in [0.2, 0.25) is 0 Å². The van der Waals surface area contributed by atoms with E-state index in [9.17, 15) is 5.11 Å². The van der Waals surface area contributed by atoms with Gasteiger partial charge in [0, 0.05) is 6.42 Å². The first-order chi connectivity index (χ1) is 5.38. The zero-order chi connectivity index (χ0) is 7.68. The van der Waals surface area contributed by atoms with E-state index in [1.165, 1.54) is 0 Å². The van der Waals surface area contributed by atoms with E-state index >= 15 is 0 Å². The number of fused-ring (bicyclic) bond motifs is 1. The van der Waals surface area contributed by atoms with E-state index in [1.807, 2.05) is 30.3 Å². The lowest BCUT2D eigenvalue weighted by atomic mass is 9.95. The summed E-state index contributed by atoms with van der Waals surface area (Å²) < 4.78 is 0. The van der Waals surface area contributed by atoms with Gasteiger partial charge in [-0.2, -0.15) is 0 Å². The van der Waals surface area contributed by atoms with E-state index in [-0.39, 0.29) is 0 Å². The van der Waals surface area contributed by atoms with Gasteiger partial charge in [-0.3, -0.25) is 0 Å². The molecule has 1 unspecified atom stereocenters. The summed E-state index contributed by atoms with van der Waals surface area (Å²) in [6, 6.07) is 7.60. The van der Waals surface area contributed by atoms with Gasteiger partial charge < -0.3 is 0 Å². The molecule has 1 aromatic rings. The van der Waals surface area contributed by atoms with Crippen LogP contribution in [0.5, 0.6) is 0 Å². The van der Waals surface area contributed by atoms with Crippen LogP contribution >= 0.6 is 0 Å². The van der Waals surface area contributed by atoms with Crippen LogP contribution < -0.4 is 0 Å². The van der Waals surface area contributed by atoms with Crippen molar-refractivity contribution in [1.82, 2.24) is 0 Å². The minimum atomic E-state index is -0.795. The number of rotatable bonds is 0. The molecule has 0 N–H and O–H groups in total. The Kier molecular flexibility index (Phi) is 1.51. The Bertz CT molecular complexity index is 289. The lowest BCUT2D eigenvalue weighted by molar-refractivity contribution is 0.120. The summed E-state index contributed by atoms with van der Waals surface area (Å²) in [4.78, 5) is 0. The Morgan fingerprint density at radius 3 is 2.91 bits per heavy atom. The fourth-order valence-electron chi connectivity index (χ4n) is 1.22. The third-order valence-electron chi connectivity index (χ3n) is 1.79. The molecule has 0 aliphatic heterocycles. The lowest BCUT2D eigenvalue weighted by Crippen LogP contribution is -2.00. The van der Waals surface area contributed by atoms with E-state index in [0.717, 1.165) is 11.1 Å². The highest BCUT2D eigenvalue weighted by Gasteiger charge is 2.14. The van der Waals surface area contributed by atoms with Gasteiger partial charge in [0.1, 0.15) is 6.10 Å². The monoisotopic (exact) mass is 143 g/mol. The fraction of sp³-hybridized carbons (Fsp3) is 0.100. The first-order valence-electron chi connectivity index (χ1n) is 3.55. The molecule has 53 valence electrons. The van der Waals surface area contributed by atoms with Crippen molar-refractivity contribution >= 4 is 6.08 Å². The molecule has 3 radical (unpaired) electrons. The van der Waals surface area contributed by atoms with Crippen molar-refractivity contribution < 1.29 is 5.11 Å². The predicted molar refractivity (Wildman–Crippen MR) is 42.1 cm³/mol. The minimum Gasteiger partial charge on any atom is -0.227 e. The highest BCUT2D eigenvalue weighted by molar-refractivity contribution is 5.59. The molecule has 0 heterocycles. The number of hydrogen-bond acceptors (Lipinski definition) is 0. The Morgan fingerprint density at radius 2 is 2.09 bits per heavy atom. The van der Waals surface area contributed by atoms with Gasteiger partial charge in [-0.15, -0.1) is 0 Å². The molecule has 0 saturated heterocycles. The Hall–Kier alpha value is -1.08. The van der Waals surface area contributed by atoms with E-state index in [0.29, 0.717) is 0 Å². The second-order valence-electron chi connectivity index (χ2n) is 2.51. The summed E-state index contributed by atoms with van der Waals surface area (Å²) in [5, 5.41) is 11.2. The first-order valence-corrected chi connectivity index (χ1v) is 3.55. The van der Waals surface area contributed by atoms with Gasteiger partial charge in [0.25, 0.3) is 0 Å². The third kappa shape index (κ3) is 1.08. The molecule has 1 nitrogen and oxygen atoms in total. The van der Waals surface area contributed by atoms with Crippen LogP contribution in [0, 0.1) is 6.42 Å². The summed E-state index contributed by atoms with van der Waals surface area (Å²) in [7, 11) is 0. The number of benzene rings is 1. The van der Waals surface area contributed by atoms with Crippen LogP contribution in [0.25, 0.3) is 6.08 Å². The standard InChI is InChI=1S/C10H7O/c11-10-7-3-5-8-4-1-2-6-9(8)10/h1-6,10H.